The van der Waals surface area contributed by atoms with Crippen LogP contribution >= 0.6 is 0 Å². The van der Waals surface area contributed by atoms with Crippen LogP contribution < -0.4 is 10.6 Å². The van der Waals surface area contributed by atoms with Crippen molar-refractivity contribution in [1.29, 1.82) is 0 Å². The van der Waals surface area contributed by atoms with Gasteiger partial charge in [0.15, 0.2) is 0 Å². The van der Waals surface area contributed by atoms with Crippen molar-refractivity contribution in [3.63, 3.8) is 0 Å². The van der Waals surface area contributed by atoms with Crippen molar-refractivity contribution >= 4 is 16.7 Å². The Kier molecular flexibility index (Phi) is 5.39. The monoisotopic (exact) mass is 286 g/mol. The average Bonchev–Trinajstić information content (AvgIpc) is 2.42. The van der Waals surface area contributed by atoms with Crippen LogP contribution in [0, 0.1) is 0 Å². The number of carbonyl (C=O) groups is 1. The molecule has 1 amide bonds. The Hall–Kier alpha value is -0.420. The van der Waals surface area contributed by atoms with Crippen molar-refractivity contribution in [1.82, 2.24) is 10.6 Å². The molecule has 1 saturated heterocycles. The normalized spacial score (nSPS) is 30.8. The van der Waals surface area contributed by atoms with Gasteiger partial charge in [-0.1, -0.05) is 19.3 Å². The zero-order valence-corrected chi connectivity index (χ0v) is 12.7. The molecular formula is C14H26N2O2S. The molecule has 1 saturated carbocycles. The molecule has 5 heteroatoms. The molecule has 0 atom stereocenters. The molecule has 2 N–H and O–H groups in total. The Morgan fingerprint density at radius 3 is 2.42 bits per heavy atom. The van der Waals surface area contributed by atoms with E-state index in [0.717, 1.165) is 37.2 Å². The minimum absolute atomic E-state index is 0.0137. The van der Waals surface area contributed by atoms with E-state index in [-0.39, 0.29) is 17.5 Å². The largest absolute Gasteiger partial charge is 0.353 e. The Morgan fingerprint density at radius 1 is 1.21 bits per heavy atom. The van der Waals surface area contributed by atoms with Gasteiger partial charge in [0.05, 0.1) is 0 Å². The maximum absolute atomic E-state index is 12.2. The van der Waals surface area contributed by atoms with Gasteiger partial charge in [0.2, 0.25) is 5.91 Å². The third-order valence-electron chi connectivity index (χ3n) is 4.59. The lowest BCUT2D eigenvalue weighted by Gasteiger charge is -2.37. The van der Waals surface area contributed by atoms with E-state index in [2.05, 4.69) is 10.6 Å². The van der Waals surface area contributed by atoms with Gasteiger partial charge in [-0.3, -0.25) is 9.00 Å². The first-order chi connectivity index (χ1) is 9.13. The summed E-state index contributed by atoms with van der Waals surface area (Å²) in [5.41, 5.74) is 0.0137. The maximum Gasteiger partial charge on any atom is 0.222 e. The summed E-state index contributed by atoms with van der Waals surface area (Å²) in [5.74, 6) is 1.64. The van der Waals surface area contributed by atoms with Crippen molar-refractivity contribution in [2.24, 2.45) is 0 Å². The van der Waals surface area contributed by atoms with Gasteiger partial charge in [0, 0.05) is 40.3 Å². The Labute approximate surface area is 118 Å². The fourth-order valence-corrected chi connectivity index (χ4v) is 4.57. The molecule has 0 unspecified atom stereocenters. The van der Waals surface area contributed by atoms with Crippen LogP contribution in [0.2, 0.25) is 0 Å². The molecule has 1 heterocycles. The number of rotatable bonds is 4. The van der Waals surface area contributed by atoms with Crippen molar-refractivity contribution in [2.75, 3.05) is 18.6 Å². The zero-order chi connectivity index (χ0) is 13.7. The lowest BCUT2D eigenvalue weighted by molar-refractivity contribution is -0.123. The van der Waals surface area contributed by atoms with Crippen LogP contribution in [-0.4, -0.2) is 40.3 Å². The van der Waals surface area contributed by atoms with Crippen LogP contribution in [0.25, 0.3) is 0 Å². The summed E-state index contributed by atoms with van der Waals surface area (Å²) >= 11 is 0. The Morgan fingerprint density at radius 2 is 1.84 bits per heavy atom. The standard InChI is InChI=1S/C14H26N2O2S/c1-15-14(7-3-2-4-8-14)11-13(17)16-12-5-9-19(18)10-6-12/h12,15H,2-11H2,1H3,(H,16,17). The van der Waals surface area contributed by atoms with E-state index in [1.165, 1.54) is 19.3 Å². The van der Waals surface area contributed by atoms with E-state index in [1.54, 1.807) is 0 Å². The van der Waals surface area contributed by atoms with E-state index in [0.29, 0.717) is 6.42 Å². The molecule has 0 bridgehead atoms. The fourth-order valence-electron chi connectivity index (χ4n) is 3.27. The van der Waals surface area contributed by atoms with Gasteiger partial charge in [0.1, 0.15) is 0 Å². The van der Waals surface area contributed by atoms with Crippen molar-refractivity contribution in [2.45, 2.75) is 62.9 Å². The Bertz CT molecular complexity index is 330. The predicted molar refractivity (Wildman–Crippen MR) is 78.5 cm³/mol. The van der Waals surface area contributed by atoms with Crippen LogP contribution in [-0.2, 0) is 15.6 Å². The van der Waals surface area contributed by atoms with E-state index < -0.39 is 10.8 Å². The summed E-state index contributed by atoms with van der Waals surface area (Å²) in [6.07, 6.45) is 8.25. The second-order valence-corrected chi connectivity index (χ2v) is 7.65. The summed E-state index contributed by atoms with van der Waals surface area (Å²) in [4.78, 5) is 12.2. The quantitative estimate of drug-likeness (QED) is 0.819. The molecule has 2 fully saturated rings. The second kappa shape index (κ2) is 6.84. The summed E-state index contributed by atoms with van der Waals surface area (Å²) < 4.78 is 11.3. The number of hydrogen-bond donors (Lipinski definition) is 2. The average molecular weight is 286 g/mol. The van der Waals surface area contributed by atoms with Gasteiger partial charge >= 0.3 is 0 Å². The zero-order valence-electron chi connectivity index (χ0n) is 11.9. The lowest BCUT2D eigenvalue weighted by atomic mass is 9.79. The highest BCUT2D eigenvalue weighted by atomic mass is 32.2. The van der Waals surface area contributed by atoms with Gasteiger partial charge in [-0.15, -0.1) is 0 Å². The van der Waals surface area contributed by atoms with E-state index in [1.807, 2.05) is 7.05 Å². The predicted octanol–water partition coefficient (Wildman–Crippen LogP) is 1.33. The van der Waals surface area contributed by atoms with Crippen LogP contribution in [0.5, 0.6) is 0 Å². The van der Waals surface area contributed by atoms with Crippen molar-refractivity contribution in [3.8, 4) is 0 Å². The molecule has 0 radical (unpaired) electrons. The molecule has 0 aromatic carbocycles. The summed E-state index contributed by atoms with van der Waals surface area (Å²) in [7, 11) is 1.32. The first-order valence-corrected chi connectivity index (χ1v) is 8.96. The molecule has 0 aromatic rings. The minimum Gasteiger partial charge on any atom is -0.353 e. The molecule has 1 aliphatic heterocycles. The van der Waals surface area contributed by atoms with Gasteiger partial charge in [-0.25, -0.2) is 0 Å². The summed E-state index contributed by atoms with van der Waals surface area (Å²) in [6.45, 7) is 0. The summed E-state index contributed by atoms with van der Waals surface area (Å²) in [6, 6.07) is 0.239. The van der Waals surface area contributed by atoms with Gasteiger partial charge in [0.25, 0.3) is 0 Å². The first-order valence-electron chi connectivity index (χ1n) is 7.47. The third kappa shape index (κ3) is 4.28. The van der Waals surface area contributed by atoms with Gasteiger partial charge < -0.3 is 10.6 Å². The smallest absolute Gasteiger partial charge is 0.222 e. The van der Waals surface area contributed by atoms with Gasteiger partial charge in [-0.2, -0.15) is 0 Å². The molecule has 0 spiro atoms. The van der Waals surface area contributed by atoms with Gasteiger partial charge in [-0.05, 0) is 32.7 Å². The topological polar surface area (TPSA) is 58.2 Å². The summed E-state index contributed by atoms with van der Waals surface area (Å²) in [5, 5.41) is 6.52. The molecule has 0 aromatic heterocycles. The Balaban J connectivity index is 1.81. The maximum atomic E-state index is 12.2. The number of hydrogen-bond acceptors (Lipinski definition) is 3. The number of carbonyl (C=O) groups excluding carboxylic acids is 1. The highest BCUT2D eigenvalue weighted by molar-refractivity contribution is 7.85. The highest BCUT2D eigenvalue weighted by Crippen LogP contribution is 2.30. The molecule has 19 heavy (non-hydrogen) atoms. The first kappa shape index (κ1) is 15.0. The lowest BCUT2D eigenvalue weighted by Crippen LogP contribution is -2.50. The fraction of sp³-hybridized carbons (Fsp3) is 0.929. The molecule has 2 aliphatic rings. The van der Waals surface area contributed by atoms with Crippen molar-refractivity contribution in [3.05, 3.63) is 0 Å². The van der Waals surface area contributed by atoms with E-state index in [4.69, 9.17) is 0 Å². The molecule has 4 nitrogen and oxygen atoms in total. The van der Waals surface area contributed by atoms with Crippen LogP contribution in [0.1, 0.15) is 51.4 Å². The van der Waals surface area contributed by atoms with Crippen LogP contribution in [0.15, 0.2) is 0 Å². The molecular weight excluding hydrogens is 260 g/mol. The van der Waals surface area contributed by atoms with E-state index in [9.17, 15) is 9.00 Å². The third-order valence-corrected chi connectivity index (χ3v) is 5.98. The second-order valence-electron chi connectivity index (χ2n) is 5.96. The minimum atomic E-state index is -0.656. The molecule has 1 aliphatic carbocycles. The SMILES string of the molecule is CNC1(CC(=O)NC2CCS(=O)CC2)CCCCC1. The van der Waals surface area contributed by atoms with Crippen LogP contribution in [0.4, 0.5) is 0 Å². The number of amides is 1. The van der Waals surface area contributed by atoms with Crippen LogP contribution in [0.3, 0.4) is 0 Å². The molecule has 2 rings (SSSR count). The highest BCUT2D eigenvalue weighted by Gasteiger charge is 2.33. The van der Waals surface area contributed by atoms with Crippen molar-refractivity contribution < 1.29 is 9.00 Å². The molecule has 110 valence electrons. The number of nitrogens with one attached hydrogen (secondary N) is 2. The van der Waals surface area contributed by atoms with E-state index >= 15 is 0 Å².